The van der Waals surface area contributed by atoms with Gasteiger partial charge in [0.25, 0.3) is 0 Å². The molecule has 39 heavy (non-hydrogen) atoms. The fourth-order valence-corrected chi connectivity index (χ4v) is 5.73. The molecule has 0 fully saturated rings. The normalized spacial score (nSPS) is 13.0. The van der Waals surface area contributed by atoms with E-state index in [0.717, 1.165) is 23.1 Å². The third kappa shape index (κ3) is 8.73. The number of aliphatic hydroxyl groups excluding tert-OH is 1. The summed E-state index contributed by atoms with van der Waals surface area (Å²) in [5.41, 5.74) is 5.91. The van der Waals surface area contributed by atoms with Gasteiger partial charge in [-0.05, 0) is 86.1 Å². The third-order valence-electron chi connectivity index (χ3n) is 6.96. The number of hydrogen-bond donors (Lipinski definition) is 3. The molecule has 3 aromatic rings. The molecule has 3 aromatic carbocycles. The van der Waals surface area contributed by atoms with Gasteiger partial charge in [0.05, 0.1) is 11.0 Å². The van der Waals surface area contributed by atoms with E-state index in [2.05, 4.69) is 51.2 Å². The number of aryl methyl sites for hydroxylation is 3. The number of nitrogens with zero attached hydrogens (tertiary/aromatic N) is 1. The highest BCUT2D eigenvalue weighted by Gasteiger charge is 2.25. The Morgan fingerprint density at radius 3 is 2.26 bits per heavy atom. The average molecular weight is 553 g/mol. The summed E-state index contributed by atoms with van der Waals surface area (Å²) in [5, 5.41) is 22.9. The summed E-state index contributed by atoms with van der Waals surface area (Å²) >= 11 is 0. The average Bonchev–Trinajstić information content (AvgIpc) is 2.88. The van der Waals surface area contributed by atoms with Gasteiger partial charge in [0.15, 0.2) is 0 Å². The number of sulfonamides is 1. The van der Waals surface area contributed by atoms with Gasteiger partial charge in [-0.15, -0.1) is 0 Å². The van der Waals surface area contributed by atoms with Crippen molar-refractivity contribution in [3.8, 4) is 11.1 Å². The molecular weight excluding hydrogens is 512 g/mol. The Labute approximate surface area is 232 Å². The molecule has 0 amide bonds. The Bertz CT molecular complexity index is 1380. The second-order valence-electron chi connectivity index (χ2n) is 10.9. The van der Waals surface area contributed by atoms with Gasteiger partial charge in [-0.25, -0.2) is 8.42 Å². The summed E-state index contributed by atoms with van der Waals surface area (Å²) in [6, 6.07) is 20.5. The standard InChI is InChI=1S/C31H40N2O5S/c1-22-9-10-25(17-23(22)2)19-31(3,4)32-20-28(34)21-33(5)39(37,38)29-8-6-7-27(18-29)26-14-11-24(12-15-26)13-16-30(35)36/h6-12,14-15,17-18,28,32,34H,13,16,19-21H2,1-5H3,(H,35,36)/t28-/m1/s1. The van der Waals surface area contributed by atoms with E-state index in [4.69, 9.17) is 5.11 Å². The fourth-order valence-electron chi connectivity index (χ4n) is 4.47. The molecule has 0 saturated carbocycles. The maximum Gasteiger partial charge on any atom is 0.303 e. The van der Waals surface area contributed by atoms with E-state index in [0.29, 0.717) is 6.42 Å². The van der Waals surface area contributed by atoms with Gasteiger partial charge in [0.1, 0.15) is 0 Å². The van der Waals surface area contributed by atoms with Crippen molar-refractivity contribution >= 4 is 16.0 Å². The number of β-amino-alcohol motifs (C(OH)–C–C–N with tert-alkyl or cyclic N) is 1. The molecule has 7 nitrogen and oxygen atoms in total. The first-order valence-corrected chi connectivity index (χ1v) is 14.6. The van der Waals surface area contributed by atoms with E-state index in [9.17, 15) is 18.3 Å². The number of rotatable bonds is 13. The van der Waals surface area contributed by atoms with Crippen LogP contribution in [-0.4, -0.2) is 60.7 Å². The molecule has 0 radical (unpaired) electrons. The Morgan fingerprint density at radius 2 is 1.62 bits per heavy atom. The number of carbonyl (C=O) groups is 1. The Kier molecular flexibility index (Phi) is 10.1. The van der Waals surface area contributed by atoms with Crippen LogP contribution in [0.2, 0.25) is 0 Å². The second kappa shape index (κ2) is 12.9. The van der Waals surface area contributed by atoms with Gasteiger partial charge >= 0.3 is 5.97 Å². The van der Waals surface area contributed by atoms with Gasteiger partial charge in [0, 0.05) is 32.1 Å². The Hall–Kier alpha value is -3.04. The van der Waals surface area contributed by atoms with Crippen LogP contribution in [0.5, 0.6) is 0 Å². The minimum Gasteiger partial charge on any atom is -0.481 e. The summed E-state index contributed by atoms with van der Waals surface area (Å²) in [4.78, 5) is 10.9. The largest absolute Gasteiger partial charge is 0.481 e. The van der Waals surface area contributed by atoms with Crippen molar-refractivity contribution in [2.24, 2.45) is 0 Å². The molecule has 210 valence electrons. The van der Waals surface area contributed by atoms with Gasteiger partial charge in [-0.2, -0.15) is 4.31 Å². The first-order chi connectivity index (χ1) is 18.3. The number of hydrogen-bond acceptors (Lipinski definition) is 5. The van der Waals surface area contributed by atoms with Crippen LogP contribution in [0, 0.1) is 13.8 Å². The van der Waals surface area contributed by atoms with E-state index in [-0.39, 0.29) is 29.9 Å². The molecular formula is C31H40N2O5S. The molecule has 0 saturated heterocycles. The maximum absolute atomic E-state index is 13.3. The maximum atomic E-state index is 13.3. The molecule has 0 heterocycles. The zero-order valence-corrected chi connectivity index (χ0v) is 24.3. The van der Waals surface area contributed by atoms with E-state index in [1.807, 2.05) is 30.3 Å². The highest BCUT2D eigenvalue weighted by Crippen LogP contribution is 2.25. The fraction of sp³-hybridized carbons (Fsp3) is 0.387. The molecule has 0 unspecified atom stereocenters. The summed E-state index contributed by atoms with van der Waals surface area (Å²) < 4.78 is 27.8. The van der Waals surface area contributed by atoms with Crippen molar-refractivity contribution in [3.05, 3.63) is 89.0 Å². The predicted octanol–water partition coefficient (Wildman–Crippen LogP) is 4.58. The monoisotopic (exact) mass is 552 g/mol. The molecule has 0 aliphatic heterocycles. The number of aliphatic carboxylic acids is 1. The van der Waals surface area contributed by atoms with Crippen molar-refractivity contribution in [1.82, 2.24) is 9.62 Å². The van der Waals surface area contributed by atoms with Crippen molar-refractivity contribution < 1.29 is 23.4 Å². The van der Waals surface area contributed by atoms with E-state index in [1.165, 1.54) is 28.0 Å². The number of carboxylic acids is 1. The Balaban J connectivity index is 1.61. The van der Waals surface area contributed by atoms with Crippen LogP contribution in [0.15, 0.2) is 71.6 Å². The minimum absolute atomic E-state index is 0.0441. The molecule has 0 aliphatic rings. The topological polar surface area (TPSA) is 107 Å². The highest BCUT2D eigenvalue weighted by molar-refractivity contribution is 7.89. The predicted molar refractivity (Wildman–Crippen MR) is 155 cm³/mol. The summed E-state index contributed by atoms with van der Waals surface area (Å²) in [6.45, 7) is 8.53. The summed E-state index contributed by atoms with van der Waals surface area (Å²) in [6.07, 6.45) is 0.396. The lowest BCUT2D eigenvalue weighted by Gasteiger charge is -2.29. The number of carboxylic acid groups (broad SMARTS) is 1. The van der Waals surface area contributed by atoms with Crippen molar-refractivity contribution in [2.45, 2.75) is 63.5 Å². The van der Waals surface area contributed by atoms with Crippen molar-refractivity contribution in [2.75, 3.05) is 20.1 Å². The molecule has 0 aromatic heterocycles. The minimum atomic E-state index is -3.82. The zero-order valence-electron chi connectivity index (χ0n) is 23.4. The van der Waals surface area contributed by atoms with E-state index < -0.39 is 22.1 Å². The van der Waals surface area contributed by atoms with Gasteiger partial charge in [-0.1, -0.05) is 54.6 Å². The number of benzene rings is 3. The number of aliphatic hydroxyl groups is 1. The van der Waals surface area contributed by atoms with Crippen molar-refractivity contribution in [1.29, 1.82) is 0 Å². The van der Waals surface area contributed by atoms with Crippen molar-refractivity contribution in [3.63, 3.8) is 0 Å². The van der Waals surface area contributed by atoms with Crippen LogP contribution in [-0.2, 0) is 27.7 Å². The third-order valence-corrected chi connectivity index (χ3v) is 8.78. The second-order valence-corrected chi connectivity index (χ2v) is 13.0. The molecule has 0 spiro atoms. The quantitative estimate of drug-likeness (QED) is 0.287. The van der Waals surface area contributed by atoms with E-state index >= 15 is 0 Å². The SMILES string of the molecule is Cc1ccc(CC(C)(C)NC[C@@H](O)CN(C)S(=O)(=O)c2cccc(-c3ccc(CCC(=O)O)cc3)c2)cc1C. The molecule has 3 rings (SSSR count). The van der Waals surface area contributed by atoms with Gasteiger partial charge in [-0.3, -0.25) is 4.79 Å². The molecule has 8 heteroatoms. The first-order valence-electron chi connectivity index (χ1n) is 13.1. The number of nitrogens with one attached hydrogen (secondary N) is 1. The van der Waals surface area contributed by atoms with Gasteiger partial charge in [0.2, 0.25) is 10.0 Å². The molecule has 3 N–H and O–H groups in total. The number of likely N-dealkylation sites (N-methyl/N-ethyl adjacent to an activating group) is 1. The lowest BCUT2D eigenvalue weighted by Crippen LogP contribution is -2.47. The smallest absolute Gasteiger partial charge is 0.303 e. The summed E-state index contributed by atoms with van der Waals surface area (Å²) in [5.74, 6) is -0.844. The molecule has 1 atom stereocenters. The van der Waals surface area contributed by atoms with Crippen LogP contribution in [0.4, 0.5) is 0 Å². The lowest BCUT2D eigenvalue weighted by molar-refractivity contribution is -0.136. The summed E-state index contributed by atoms with van der Waals surface area (Å²) in [7, 11) is -2.35. The van der Waals surface area contributed by atoms with Crippen LogP contribution >= 0.6 is 0 Å². The zero-order chi connectivity index (χ0) is 28.8. The molecule has 0 bridgehead atoms. The van der Waals surface area contributed by atoms with E-state index in [1.54, 1.807) is 18.2 Å². The molecule has 0 aliphatic carbocycles. The lowest BCUT2D eigenvalue weighted by atomic mass is 9.93. The Morgan fingerprint density at radius 1 is 0.949 bits per heavy atom. The van der Waals surface area contributed by atoms with Gasteiger partial charge < -0.3 is 15.5 Å². The van der Waals surface area contributed by atoms with Crippen LogP contribution in [0.3, 0.4) is 0 Å². The first kappa shape index (κ1) is 30.5. The van der Waals surface area contributed by atoms with Crippen LogP contribution in [0.25, 0.3) is 11.1 Å². The van der Waals surface area contributed by atoms with Crippen LogP contribution in [0.1, 0.15) is 42.5 Å². The van der Waals surface area contributed by atoms with Crippen LogP contribution < -0.4 is 5.32 Å². The highest BCUT2D eigenvalue weighted by atomic mass is 32.2.